The van der Waals surface area contributed by atoms with E-state index in [1.807, 2.05) is 0 Å². The van der Waals surface area contributed by atoms with Gasteiger partial charge in [-0.15, -0.1) is 0 Å². The molecule has 0 aromatic carbocycles. The van der Waals surface area contributed by atoms with Crippen LogP contribution < -0.4 is 11.5 Å². The van der Waals surface area contributed by atoms with E-state index in [9.17, 15) is 0 Å². The van der Waals surface area contributed by atoms with Crippen LogP contribution in [0.15, 0.2) is 0 Å². The van der Waals surface area contributed by atoms with E-state index in [0.717, 1.165) is 25.9 Å². The molecule has 0 atom stereocenters. The van der Waals surface area contributed by atoms with Crippen molar-refractivity contribution in [3.8, 4) is 0 Å². The van der Waals surface area contributed by atoms with Gasteiger partial charge in [-0.25, -0.2) is 0 Å². The van der Waals surface area contributed by atoms with Crippen LogP contribution in [0.1, 0.15) is 25.7 Å². The topological polar surface area (TPSA) is 52.0 Å². The maximum absolute atomic E-state index is 5.28. The van der Waals surface area contributed by atoms with Crippen LogP contribution in [-0.4, -0.2) is 42.6 Å². The molecule has 0 rings (SSSR count). The fourth-order valence-corrected chi connectivity index (χ4v) is 0.642. The van der Waals surface area contributed by atoms with Gasteiger partial charge in [-0.2, -0.15) is 0 Å². The third kappa shape index (κ3) is 12.2. The Kier molecular flexibility index (Phi) is 16.3. The second-order valence-corrected chi connectivity index (χ2v) is 1.99. The molecule has 0 fully saturated rings. The fourth-order valence-electron chi connectivity index (χ4n) is 0.642. The van der Waals surface area contributed by atoms with Gasteiger partial charge in [0.2, 0.25) is 0 Å². The molecule has 2 nitrogen and oxygen atoms in total. The second-order valence-electron chi connectivity index (χ2n) is 1.99. The van der Waals surface area contributed by atoms with Gasteiger partial charge >= 0.3 is 29.6 Å². The summed E-state index contributed by atoms with van der Waals surface area (Å²) < 4.78 is 0. The van der Waals surface area contributed by atoms with E-state index in [0.29, 0.717) is 0 Å². The number of unbranched alkanes of at least 4 members (excludes halogenated alkanes) is 3. The summed E-state index contributed by atoms with van der Waals surface area (Å²) in [5.41, 5.74) is 10.6. The molecule has 4 N–H and O–H groups in total. The van der Waals surface area contributed by atoms with Crippen LogP contribution in [0.5, 0.6) is 0 Å². The van der Waals surface area contributed by atoms with Crippen LogP contribution in [0.3, 0.4) is 0 Å². The van der Waals surface area contributed by atoms with Crippen LogP contribution >= 0.6 is 0 Å². The Hall–Kier alpha value is 0.920. The van der Waals surface area contributed by atoms with Gasteiger partial charge in [-0.3, -0.25) is 0 Å². The number of nitrogens with two attached hydrogens (primary N) is 2. The van der Waals surface area contributed by atoms with Gasteiger partial charge in [0.25, 0.3) is 0 Å². The Balaban J connectivity index is 0. The third-order valence-corrected chi connectivity index (χ3v) is 1.16. The molecule has 0 heterocycles. The first-order valence-electron chi connectivity index (χ1n) is 3.32. The molecular formula is C6H17N2Na. The summed E-state index contributed by atoms with van der Waals surface area (Å²) in [7, 11) is 0. The zero-order valence-electron chi connectivity index (χ0n) is 5.40. The predicted octanol–water partition coefficient (Wildman–Crippen LogP) is -0.184. The average molecular weight is 140 g/mol. The van der Waals surface area contributed by atoms with E-state index in [-0.39, 0.29) is 29.6 Å². The summed E-state index contributed by atoms with van der Waals surface area (Å²) in [5.74, 6) is 0. The molecule has 3 heteroatoms. The first kappa shape index (κ1) is 12.6. The quantitative estimate of drug-likeness (QED) is 0.411. The molecule has 0 aliphatic heterocycles. The molecule has 0 spiro atoms. The standard InChI is InChI=1S/C6H16N2.Na.H/c7-5-3-1-2-4-6-8;;/h1-8H2;;. The van der Waals surface area contributed by atoms with Gasteiger partial charge in [0.05, 0.1) is 0 Å². The van der Waals surface area contributed by atoms with Crippen LogP contribution in [0.4, 0.5) is 0 Å². The Morgan fingerprint density at radius 1 is 0.667 bits per heavy atom. The van der Waals surface area contributed by atoms with Crippen LogP contribution in [0, 0.1) is 0 Å². The molecular weight excluding hydrogens is 123 g/mol. The summed E-state index contributed by atoms with van der Waals surface area (Å²) in [4.78, 5) is 0. The molecule has 0 aromatic heterocycles. The maximum atomic E-state index is 5.28. The van der Waals surface area contributed by atoms with Gasteiger partial charge in [-0.05, 0) is 25.9 Å². The molecule has 0 aliphatic carbocycles. The normalized spacial score (nSPS) is 8.67. The molecule has 0 saturated carbocycles. The Bertz CT molecular complexity index is 36.0. The fraction of sp³-hybridized carbons (Fsp3) is 1.00. The van der Waals surface area contributed by atoms with Crippen molar-refractivity contribution in [1.82, 2.24) is 0 Å². The van der Waals surface area contributed by atoms with Crippen molar-refractivity contribution in [3.05, 3.63) is 0 Å². The Morgan fingerprint density at radius 3 is 1.22 bits per heavy atom. The van der Waals surface area contributed by atoms with E-state index in [1.54, 1.807) is 0 Å². The Labute approximate surface area is 79.7 Å². The summed E-state index contributed by atoms with van der Waals surface area (Å²) in [6.45, 7) is 1.65. The monoisotopic (exact) mass is 140 g/mol. The summed E-state index contributed by atoms with van der Waals surface area (Å²) in [5, 5.41) is 0. The minimum absolute atomic E-state index is 0. The van der Waals surface area contributed by atoms with Gasteiger partial charge in [-0.1, -0.05) is 12.8 Å². The SMILES string of the molecule is NCCCCCCN.[NaH]. The van der Waals surface area contributed by atoms with Crippen molar-refractivity contribution in [1.29, 1.82) is 0 Å². The van der Waals surface area contributed by atoms with Crippen LogP contribution in [0.25, 0.3) is 0 Å². The van der Waals surface area contributed by atoms with Gasteiger partial charge < -0.3 is 11.5 Å². The van der Waals surface area contributed by atoms with Crippen molar-refractivity contribution in [2.24, 2.45) is 11.5 Å². The summed E-state index contributed by atoms with van der Waals surface area (Å²) in [6, 6.07) is 0. The van der Waals surface area contributed by atoms with Crippen molar-refractivity contribution < 1.29 is 0 Å². The molecule has 0 saturated heterocycles. The second kappa shape index (κ2) is 11.7. The van der Waals surface area contributed by atoms with E-state index in [1.165, 1.54) is 12.8 Å². The average Bonchev–Trinajstić information content (AvgIpc) is 1.81. The molecule has 0 radical (unpaired) electrons. The van der Waals surface area contributed by atoms with Crippen LogP contribution in [0.2, 0.25) is 0 Å². The summed E-state index contributed by atoms with van der Waals surface area (Å²) >= 11 is 0. The predicted molar refractivity (Wildman–Crippen MR) is 43.7 cm³/mol. The minimum atomic E-state index is 0. The van der Waals surface area contributed by atoms with Gasteiger partial charge in [0, 0.05) is 0 Å². The van der Waals surface area contributed by atoms with E-state index < -0.39 is 0 Å². The molecule has 0 aliphatic rings. The van der Waals surface area contributed by atoms with Gasteiger partial charge in [0.15, 0.2) is 0 Å². The molecule has 0 amide bonds. The van der Waals surface area contributed by atoms with Crippen molar-refractivity contribution in [2.75, 3.05) is 13.1 Å². The molecule has 0 aromatic rings. The zero-order valence-corrected chi connectivity index (χ0v) is 5.40. The van der Waals surface area contributed by atoms with Crippen molar-refractivity contribution in [2.45, 2.75) is 25.7 Å². The molecule has 0 bridgehead atoms. The third-order valence-electron chi connectivity index (χ3n) is 1.16. The number of rotatable bonds is 5. The number of hydrogen-bond acceptors (Lipinski definition) is 2. The Morgan fingerprint density at radius 2 is 1.00 bits per heavy atom. The van der Waals surface area contributed by atoms with Gasteiger partial charge in [0.1, 0.15) is 0 Å². The summed E-state index contributed by atoms with van der Waals surface area (Å²) in [6.07, 6.45) is 4.79. The number of hydrogen-bond donors (Lipinski definition) is 2. The van der Waals surface area contributed by atoms with Crippen molar-refractivity contribution in [3.63, 3.8) is 0 Å². The zero-order chi connectivity index (χ0) is 6.24. The van der Waals surface area contributed by atoms with Crippen molar-refractivity contribution >= 4 is 29.6 Å². The van der Waals surface area contributed by atoms with E-state index in [2.05, 4.69) is 0 Å². The van der Waals surface area contributed by atoms with E-state index in [4.69, 9.17) is 11.5 Å². The van der Waals surface area contributed by atoms with Crippen LogP contribution in [-0.2, 0) is 0 Å². The molecule has 52 valence electrons. The molecule has 9 heavy (non-hydrogen) atoms. The first-order valence-corrected chi connectivity index (χ1v) is 3.32. The first-order chi connectivity index (χ1) is 3.91. The van der Waals surface area contributed by atoms with E-state index >= 15 is 0 Å². The molecule has 0 unspecified atom stereocenters.